The zero-order chi connectivity index (χ0) is 22.7. The molecule has 0 saturated carbocycles. The fourth-order valence-corrected chi connectivity index (χ4v) is 3.65. The van der Waals surface area contributed by atoms with Gasteiger partial charge in [-0.2, -0.15) is 0 Å². The number of nitrogens with one attached hydrogen (secondary N) is 1. The molecule has 0 spiro atoms. The van der Waals surface area contributed by atoms with Gasteiger partial charge in [-0.15, -0.1) is 0 Å². The van der Waals surface area contributed by atoms with Gasteiger partial charge >= 0.3 is 5.97 Å². The third-order valence-electron chi connectivity index (χ3n) is 5.21. The summed E-state index contributed by atoms with van der Waals surface area (Å²) >= 11 is 0. The zero-order valence-electron chi connectivity index (χ0n) is 17.7. The SMILES string of the molecule is COc1ccccc1NC(=O)C(C)OC(=O)Cn1c2ccccc2c(=O)c2ccccc21. The molecule has 0 aliphatic rings. The average molecular weight is 430 g/mol. The first kappa shape index (κ1) is 21.1. The standard InChI is InChI=1S/C25H22N2O5/c1-16(25(30)26-19-11-5-8-14-22(19)31-2)32-23(28)15-27-20-12-6-3-9-17(20)24(29)18-10-4-7-13-21(18)27/h3-14,16H,15H2,1-2H3,(H,26,30). The number of pyridine rings is 1. The minimum atomic E-state index is -1.02. The highest BCUT2D eigenvalue weighted by molar-refractivity contribution is 5.97. The number of rotatable bonds is 6. The minimum absolute atomic E-state index is 0.0922. The quantitative estimate of drug-likeness (QED) is 0.372. The van der Waals surface area contributed by atoms with E-state index in [-0.39, 0.29) is 12.0 Å². The van der Waals surface area contributed by atoms with Gasteiger partial charge < -0.3 is 19.4 Å². The van der Waals surface area contributed by atoms with Gasteiger partial charge in [0.2, 0.25) is 0 Å². The summed E-state index contributed by atoms with van der Waals surface area (Å²) in [7, 11) is 1.51. The van der Waals surface area contributed by atoms with Crippen molar-refractivity contribution in [2.45, 2.75) is 19.6 Å². The number of fused-ring (bicyclic) bond motifs is 2. The second-order valence-electron chi connectivity index (χ2n) is 7.27. The van der Waals surface area contributed by atoms with Gasteiger partial charge in [0.05, 0.1) is 23.8 Å². The molecular formula is C25H22N2O5. The number of benzene rings is 3. The Morgan fingerprint density at radius 3 is 2.09 bits per heavy atom. The van der Waals surface area contributed by atoms with Crippen molar-refractivity contribution in [1.29, 1.82) is 0 Å². The first-order chi connectivity index (χ1) is 15.5. The van der Waals surface area contributed by atoms with Gasteiger partial charge in [-0.25, -0.2) is 0 Å². The maximum absolute atomic E-state index is 12.8. The van der Waals surface area contributed by atoms with Crippen molar-refractivity contribution in [3.05, 3.63) is 83.0 Å². The maximum atomic E-state index is 12.8. The molecule has 0 bridgehead atoms. The van der Waals surface area contributed by atoms with Crippen molar-refractivity contribution in [3.63, 3.8) is 0 Å². The predicted octanol–water partition coefficient (Wildman–Crippen LogP) is 3.73. The molecule has 7 heteroatoms. The monoisotopic (exact) mass is 430 g/mol. The summed E-state index contributed by atoms with van der Waals surface area (Å²) in [6.45, 7) is 1.36. The summed E-state index contributed by atoms with van der Waals surface area (Å²) in [5.41, 5.74) is 1.64. The molecule has 3 aromatic carbocycles. The fourth-order valence-electron chi connectivity index (χ4n) is 3.65. The third-order valence-corrected chi connectivity index (χ3v) is 5.21. The van der Waals surface area contributed by atoms with E-state index in [0.717, 1.165) is 0 Å². The Bertz CT molecular complexity index is 1320. The number of carbonyl (C=O) groups excluding carboxylic acids is 2. The van der Waals surface area contributed by atoms with Crippen LogP contribution in [-0.2, 0) is 20.9 Å². The number of para-hydroxylation sites is 4. The van der Waals surface area contributed by atoms with Crippen LogP contribution in [0.2, 0.25) is 0 Å². The van der Waals surface area contributed by atoms with Crippen LogP contribution in [0.4, 0.5) is 5.69 Å². The summed E-state index contributed by atoms with van der Waals surface area (Å²) in [6.07, 6.45) is -1.02. The van der Waals surface area contributed by atoms with E-state index in [1.54, 1.807) is 65.2 Å². The minimum Gasteiger partial charge on any atom is -0.495 e. The van der Waals surface area contributed by atoms with Crippen molar-refractivity contribution in [2.75, 3.05) is 12.4 Å². The van der Waals surface area contributed by atoms with E-state index in [4.69, 9.17) is 9.47 Å². The molecule has 0 aliphatic carbocycles. The number of carbonyl (C=O) groups is 2. The largest absolute Gasteiger partial charge is 0.495 e. The lowest BCUT2D eigenvalue weighted by Gasteiger charge is -2.17. The zero-order valence-corrected chi connectivity index (χ0v) is 17.7. The number of aromatic nitrogens is 1. The molecule has 4 aromatic rings. The molecule has 0 fully saturated rings. The van der Waals surface area contributed by atoms with E-state index < -0.39 is 18.0 Å². The predicted molar refractivity (Wildman–Crippen MR) is 123 cm³/mol. The van der Waals surface area contributed by atoms with Crippen molar-refractivity contribution >= 4 is 39.4 Å². The van der Waals surface area contributed by atoms with Crippen molar-refractivity contribution < 1.29 is 19.1 Å². The van der Waals surface area contributed by atoms with Gasteiger partial charge in [0.15, 0.2) is 11.5 Å². The molecular weight excluding hydrogens is 408 g/mol. The van der Waals surface area contributed by atoms with Gasteiger partial charge in [0, 0.05) is 10.8 Å². The Kier molecular flexibility index (Phi) is 5.89. The van der Waals surface area contributed by atoms with Gasteiger partial charge in [0.1, 0.15) is 12.3 Å². The maximum Gasteiger partial charge on any atom is 0.326 e. The molecule has 0 aliphatic heterocycles. The molecule has 1 heterocycles. The number of amides is 1. The lowest BCUT2D eigenvalue weighted by Crippen LogP contribution is -2.31. The molecule has 32 heavy (non-hydrogen) atoms. The number of anilines is 1. The van der Waals surface area contributed by atoms with Crippen LogP contribution < -0.4 is 15.5 Å². The Morgan fingerprint density at radius 2 is 1.47 bits per heavy atom. The molecule has 7 nitrogen and oxygen atoms in total. The van der Waals surface area contributed by atoms with Crippen LogP contribution >= 0.6 is 0 Å². The van der Waals surface area contributed by atoms with E-state index in [9.17, 15) is 14.4 Å². The molecule has 0 saturated heterocycles. The number of esters is 1. The van der Waals surface area contributed by atoms with Crippen LogP contribution in [-0.4, -0.2) is 29.7 Å². The number of ether oxygens (including phenoxy) is 2. The Hall–Kier alpha value is -4.13. The first-order valence-electron chi connectivity index (χ1n) is 10.1. The Balaban J connectivity index is 1.57. The van der Waals surface area contributed by atoms with Crippen LogP contribution in [0.15, 0.2) is 77.6 Å². The second-order valence-corrected chi connectivity index (χ2v) is 7.27. The van der Waals surface area contributed by atoms with E-state index in [1.807, 2.05) is 12.1 Å². The summed E-state index contributed by atoms with van der Waals surface area (Å²) in [4.78, 5) is 38.1. The van der Waals surface area contributed by atoms with Gasteiger partial charge in [-0.1, -0.05) is 36.4 Å². The average Bonchev–Trinajstić information content (AvgIpc) is 2.82. The van der Waals surface area contributed by atoms with Crippen LogP contribution in [0.3, 0.4) is 0 Å². The molecule has 1 N–H and O–H groups in total. The van der Waals surface area contributed by atoms with Crippen LogP contribution in [0, 0.1) is 0 Å². The molecule has 1 atom stereocenters. The summed E-state index contributed by atoms with van der Waals surface area (Å²) in [5.74, 6) is -0.560. The highest BCUT2D eigenvalue weighted by Gasteiger charge is 2.20. The molecule has 0 radical (unpaired) electrons. The summed E-state index contributed by atoms with van der Waals surface area (Å²) < 4.78 is 12.4. The highest BCUT2D eigenvalue weighted by atomic mass is 16.5. The molecule has 1 amide bonds. The van der Waals surface area contributed by atoms with Crippen molar-refractivity contribution in [3.8, 4) is 5.75 Å². The van der Waals surface area contributed by atoms with E-state index in [0.29, 0.717) is 33.2 Å². The number of hydrogen-bond donors (Lipinski definition) is 1. The number of nitrogens with zero attached hydrogens (tertiary/aromatic N) is 1. The summed E-state index contributed by atoms with van der Waals surface area (Å²) in [5, 5.41) is 3.74. The third kappa shape index (κ3) is 4.05. The van der Waals surface area contributed by atoms with Crippen molar-refractivity contribution in [2.24, 2.45) is 0 Å². The normalized spacial score (nSPS) is 11.8. The highest BCUT2D eigenvalue weighted by Crippen LogP contribution is 2.23. The topological polar surface area (TPSA) is 86.6 Å². The van der Waals surface area contributed by atoms with E-state index >= 15 is 0 Å². The van der Waals surface area contributed by atoms with Crippen molar-refractivity contribution in [1.82, 2.24) is 4.57 Å². The van der Waals surface area contributed by atoms with Gasteiger partial charge in [-0.05, 0) is 43.3 Å². The number of hydrogen-bond acceptors (Lipinski definition) is 5. The molecule has 162 valence electrons. The second kappa shape index (κ2) is 8.93. The van der Waals surface area contributed by atoms with E-state index in [2.05, 4.69) is 5.32 Å². The van der Waals surface area contributed by atoms with Crippen LogP contribution in [0.25, 0.3) is 21.8 Å². The first-order valence-corrected chi connectivity index (χ1v) is 10.1. The lowest BCUT2D eigenvalue weighted by molar-refractivity contribution is -0.153. The van der Waals surface area contributed by atoms with Gasteiger partial charge in [-0.3, -0.25) is 14.4 Å². The molecule has 1 unspecified atom stereocenters. The smallest absolute Gasteiger partial charge is 0.326 e. The molecule has 1 aromatic heterocycles. The van der Waals surface area contributed by atoms with Crippen LogP contribution in [0.5, 0.6) is 5.75 Å². The van der Waals surface area contributed by atoms with E-state index in [1.165, 1.54) is 14.0 Å². The lowest BCUT2D eigenvalue weighted by atomic mass is 10.1. The Morgan fingerprint density at radius 1 is 0.906 bits per heavy atom. The van der Waals surface area contributed by atoms with Crippen LogP contribution in [0.1, 0.15) is 6.92 Å². The fraction of sp³-hybridized carbons (Fsp3) is 0.160. The molecule has 4 rings (SSSR count). The summed E-state index contributed by atoms with van der Waals surface area (Å²) in [6, 6.07) is 21.2. The number of methoxy groups -OCH3 is 1. The van der Waals surface area contributed by atoms with Gasteiger partial charge in [0.25, 0.3) is 5.91 Å². The Labute approximate surface area is 184 Å².